The van der Waals surface area contributed by atoms with Gasteiger partial charge in [-0.2, -0.15) is 0 Å². The average molecular weight is 431 g/mol. The predicted molar refractivity (Wildman–Crippen MR) is 130 cm³/mol. The second-order valence-corrected chi connectivity index (χ2v) is 9.05. The van der Waals surface area contributed by atoms with Crippen LogP contribution >= 0.6 is 0 Å². The van der Waals surface area contributed by atoms with Crippen molar-refractivity contribution in [1.29, 1.82) is 0 Å². The molecule has 2 aliphatic heterocycles. The molecule has 2 N–H and O–H groups in total. The maximum Gasteiger partial charge on any atom is 0.191 e. The Labute approximate surface area is 188 Å². The number of aliphatic imine (C=N–C) groups is 1. The van der Waals surface area contributed by atoms with E-state index in [2.05, 4.69) is 76.4 Å². The second-order valence-electron chi connectivity index (χ2n) is 9.05. The normalized spacial score (nSPS) is 19.5. The summed E-state index contributed by atoms with van der Waals surface area (Å²) in [5.41, 5.74) is 1.39. The van der Waals surface area contributed by atoms with Crippen LogP contribution in [0.2, 0.25) is 0 Å². The van der Waals surface area contributed by atoms with E-state index in [-0.39, 0.29) is 5.54 Å². The van der Waals surface area contributed by atoms with Crippen molar-refractivity contribution in [2.75, 3.05) is 83.6 Å². The lowest BCUT2D eigenvalue weighted by atomic mass is 10.0. The first kappa shape index (κ1) is 23.8. The van der Waals surface area contributed by atoms with Gasteiger partial charge in [-0.15, -0.1) is 0 Å². The van der Waals surface area contributed by atoms with Crippen LogP contribution < -0.4 is 15.5 Å². The molecule has 31 heavy (non-hydrogen) atoms. The van der Waals surface area contributed by atoms with Gasteiger partial charge in [0.15, 0.2) is 5.96 Å². The standard InChI is InChI=1S/C24H42N6O/c1-4-25-23(27-21-24(2,3)30-17-19-31-20-18-30)26-11-8-12-28-13-15-29(16-14-28)22-9-6-5-7-10-22/h5-7,9-10H,4,8,11-21H2,1-3H3,(H2,25,26,27). The summed E-state index contributed by atoms with van der Waals surface area (Å²) >= 11 is 0. The maximum atomic E-state index is 5.49. The highest BCUT2D eigenvalue weighted by Crippen LogP contribution is 2.17. The Morgan fingerprint density at radius 1 is 1.00 bits per heavy atom. The van der Waals surface area contributed by atoms with Crippen molar-refractivity contribution in [2.24, 2.45) is 4.99 Å². The Balaban J connectivity index is 1.36. The molecule has 3 rings (SSSR count). The van der Waals surface area contributed by atoms with Gasteiger partial charge in [-0.1, -0.05) is 18.2 Å². The summed E-state index contributed by atoms with van der Waals surface area (Å²) in [4.78, 5) is 12.4. The van der Waals surface area contributed by atoms with Gasteiger partial charge >= 0.3 is 0 Å². The molecule has 2 heterocycles. The largest absolute Gasteiger partial charge is 0.379 e. The molecule has 0 spiro atoms. The van der Waals surface area contributed by atoms with Crippen LogP contribution in [0, 0.1) is 0 Å². The summed E-state index contributed by atoms with van der Waals surface area (Å²) in [5.74, 6) is 0.928. The number of hydrogen-bond acceptors (Lipinski definition) is 5. The Morgan fingerprint density at radius 2 is 1.71 bits per heavy atom. The van der Waals surface area contributed by atoms with Crippen molar-refractivity contribution >= 4 is 11.6 Å². The summed E-state index contributed by atoms with van der Waals surface area (Å²) in [6.45, 7) is 18.5. The van der Waals surface area contributed by atoms with Gasteiger partial charge in [0, 0.05) is 63.6 Å². The van der Waals surface area contributed by atoms with Crippen molar-refractivity contribution in [3.63, 3.8) is 0 Å². The highest BCUT2D eigenvalue weighted by Gasteiger charge is 2.28. The van der Waals surface area contributed by atoms with E-state index in [0.717, 1.165) is 91.0 Å². The number of morpholine rings is 1. The highest BCUT2D eigenvalue weighted by molar-refractivity contribution is 5.79. The van der Waals surface area contributed by atoms with Crippen LogP contribution in [0.5, 0.6) is 0 Å². The number of para-hydroxylation sites is 1. The van der Waals surface area contributed by atoms with E-state index >= 15 is 0 Å². The number of guanidine groups is 1. The predicted octanol–water partition coefficient (Wildman–Crippen LogP) is 1.86. The minimum atomic E-state index is 0.0462. The minimum Gasteiger partial charge on any atom is -0.379 e. The van der Waals surface area contributed by atoms with Crippen LogP contribution in [0.4, 0.5) is 5.69 Å². The van der Waals surface area contributed by atoms with E-state index in [0.29, 0.717) is 0 Å². The molecule has 0 atom stereocenters. The molecule has 2 saturated heterocycles. The van der Waals surface area contributed by atoms with Gasteiger partial charge < -0.3 is 20.3 Å². The van der Waals surface area contributed by atoms with Crippen LogP contribution in [-0.4, -0.2) is 100.0 Å². The Hall–Kier alpha value is -1.83. The van der Waals surface area contributed by atoms with Gasteiger partial charge in [-0.25, -0.2) is 0 Å². The molecular formula is C24H42N6O. The molecule has 0 aliphatic carbocycles. The fraction of sp³-hybridized carbons (Fsp3) is 0.708. The highest BCUT2D eigenvalue weighted by atomic mass is 16.5. The zero-order chi connectivity index (χ0) is 21.9. The summed E-state index contributed by atoms with van der Waals surface area (Å²) in [5, 5.41) is 6.92. The quantitative estimate of drug-likeness (QED) is 0.354. The van der Waals surface area contributed by atoms with E-state index in [1.807, 2.05) is 0 Å². The molecule has 7 heteroatoms. The number of anilines is 1. The SMILES string of the molecule is CCNC(=NCC(C)(C)N1CCOCC1)NCCCN1CCN(c2ccccc2)CC1. The van der Waals surface area contributed by atoms with Gasteiger partial charge in [-0.3, -0.25) is 14.8 Å². The molecule has 0 unspecified atom stereocenters. The molecule has 174 valence electrons. The van der Waals surface area contributed by atoms with Gasteiger partial charge in [0.2, 0.25) is 0 Å². The van der Waals surface area contributed by atoms with Gasteiger partial charge in [0.1, 0.15) is 0 Å². The molecule has 0 amide bonds. The topological polar surface area (TPSA) is 55.4 Å². The van der Waals surface area contributed by atoms with Crippen LogP contribution in [0.3, 0.4) is 0 Å². The summed E-state index contributed by atoms with van der Waals surface area (Å²) in [7, 11) is 0. The third-order valence-corrected chi connectivity index (χ3v) is 6.27. The Morgan fingerprint density at radius 3 is 2.39 bits per heavy atom. The van der Waals surface area contributed by atoms with Crippen molar-refractivity contribution in [3.8, 4) is 0 Å². The summed E-state index contributed by atoms with van der Waals surface area (Å²) in [6.07, 6.45) is 1.13. The molecule has 2 fully saturated rings. The number of piperazine rings is 1. The lowest BCUT2D eigenvalue weighted by molar-refractivity contribution is -0.00683. The third kappa shape index (κ3) is 7.66. The smallest absolute Gasteiger partial charge is 0.191 e. The van der Waals surface area contributed by atoms with E-state index in [1.165, 1.54) is 5.69 Å². The van der Waals surface area contributed by atoms with Gasteiger partial charge in [-0.05, 0) is 45.9 Å². The molecule has 2 aliphatic rings. The molecule has 0 saturated carbocycles. The summed E-state index contributed by atoms with van der Waals surface area (Å²) in [6, 6.07) is 10.8. The van der Waals surface area contributed by atoms with Crippen molar-refractivity contribution in [3.05, 3.63) is 30.3 Å². The minimum absolute atomic E-state index is 0.0462. The molecule has 0 aromatic heterocycles. The third-order valence-electron chi connectivity index (χ3n) is 6.27. The molecular weight excluding hydrogens is 388 g/mol. The van der Waals surface area contributed by atoms with Crippen LogP contribution in [0.15, 0.2) is 35.3 Å². The first-order valence-corrected chi connectivity index (χ1v) is 12.0. The molecule has 1 aromatic carbocycles. The van der Waals surface area contributed by atoms with Crippen molar-refractivity contribution < 1.29 is 4.74 Å². The fourth-order valence-electron chi connectivity index (χ4n) is 4.26. The zero-order valence-corrected chi connectivity index (χ0v) is 19.8. The molecule has 1 aromatic rings. The molecule has 0 radical (unpaired) electrons. The average Bonchev–Trinajstić information content (AvgIpc) is 2.82. The van der Waals surface area contributed by atoms with Gasteiger partial charge in [0.05, 0.1) is 19.8 Å². The van der Waals surface area contributed by atoms with Crippen molar-refractivity contribution in [2.45, 2.75) is 32.7 Å². The monoisotopic (exact) mass is 430 g/mol. The van der Waals surface area contributed by atoms with Gasteiger partial charge in [0.25, 0.3) is 0 Å². The lowest BCUT2D eigenvalue weighted by Crippen LogP contribution is -2.52. The fourth-order valence-corrected chi connectivity index (χ4v) is 4.26. The first-order valence-electron chi connectivity index (χ1n) is 12.0. The molecule has 0 bridgehead atoms. The number of nitrogens with zero attached hydrogens (tertiary/aromatic N) is 4. The number of benzene rings is 1. The number of ether oxygens (including phenoxy) is 1. The van der Waals surface area contributed by atoms with E-state index in [4.69, 9.17) is 9.73 Å². The maximum absolute atomic E-state index is 5.49. The van der Waals surface area contributed by atoms with E-state index < -0.39 is 0 Å². The number of nitrogens with one attached hydrogen (secondary N) is 2. The Bertz CT molecular complexity index is 651. The van der Waals surface area contributed by atoms with Crippen molar-refractivity contribution in [1.82, 2.24) is 20.4 Å². The summed E-state index contributed by atoms with van der Waals surface area (Å²) < 4.78 is 5.49. The molecule has 7 nitrogen and oxygen atoms in total. The zero-order valence-electron chi connectivity index (χ0n) is 19.8. The van der Waals surface area contributed by atoms with Crippen LogP contribution in [0.1, 0.15) is 27.2 Å². The lowest BCUT2D eigenvalue weighted by Gasteiger charge is -2.39. The number of rotatable bonds is 9. The van der Waals surface area contributed by atoms with Crippen LogP contribution in [0.25, 0.3) is 0 Å². The number of hydrogen-bond donors (Lipinski definition) is 2. The Kier molecular flexibility index (Phi) is 9.43. The first-order chi connectivity index (χ1) is 15.1. The second kappa shape index (κ2) is 12.3. The van der Waals surface area contributed by atoms with Crippen LogP contribution in [-0.2, 0) is 4.74 Å². The van der Waals surface area contributed by atoms with E-state index in [9.17, 15) is 0 Å². The van der Waals surface area contributed by atoms with E-state index in [1.54, 1.807) is 0 Å².